The molecule has 0 radical (unpaired) electrons. The van der Waals surface area contributed by atoms with Crippen molar-refractivity contribution in [2.24, 2.45) is 0 Å². The van der Waals surface area contributed by atoms with Crippen LogP contribution in [-0.4, -0.2) is 93.5 Å². The van der Waals surface area contributed by atoms with Gasteiger partial charge in [0, 0.05) is 62.7 Å². The maximum Gasteiger partial charge on any atom is 0.406 e. The van der Waals surface area contributed by atoms with Crippen LogP contribution in [0.25, 0.3) is 43.2 Å². The van der Waals surface area contributed by atoms with Crippen LogP contribution in [0.3, 0.4) is 0 Å². The van der Waals surface area contributed by atoms with E-state index in [1.54, 1.807) is 36.5 Å². The topological polar surface area (TPSA) is 102 Å². The fourth-order valence-electron chi connectivity index (χ4n) is 7.70. The van der Waals surface area contributed by atoms with E-state index in [-0.39, 0.29) is 18.9 Å². The van der Waals surface area contributed by atoms with Crippen LogP contribution in [0.5, 0.6) is 17.4 Å². The zero-order valence-electron chi connectivity index (χ0n) is 33.5. The first-order valence-corrected chi connectivity index (χ1v) is 21.0. The molecule has 0 bridgehead atoms. The maximum absolute atomic E-state index is 13.2. The van der Waals surface area contributed by atoms with E-state index in [1.807, 2.05) is 61.5 Å². The van der Waals surface area contributed by atoms with Crippen LogP contribution >= 0.6 is 23.1 Å². The highest BCUT2D eigenvalue weighted by Gasteiger charge is 2.30. The van der Waals surface area contributed by atoms with E-state index in [0.29, 0.717) is 55.7 Å². The first-order valence-electron chi connectivity index (χ1n) is 19.8. The summed E-state index contributed by atoms with van der Waals surface area (Å²) in [6.45, 7) is 5.84. The number of para-hydroxylation sites is 1. The number of fused-ring (bicyclic) bond motifs is 2. The number of rotatable bonds is 15. The number of hydrogen-bond donors (Lipinski definition) is 1. The number of likely N-dealkylation sites (N-methyl/N-ethyl adjacent to an activating group) is 1. The Kier molecular flexibility index (Phi) is 12.5. The quantitative estimate of drug-likeness (QED) is 0.108. The predicted octanol–water partition coefficient (Wildman–Crippen LogP) is 9.78. The second-order valence-corrected chi connectivity index (χ2v) is 16.2. The Labute approximate surface area is 359 Å². The van der Waals surface area contributed by atoms with Gasteiger partial charge in [-0.1, -0.05) is 78.3 Å². The average molecular weight is 870 g/mol. The lowest BCUT2D eigenvalue weighted by atomic mass is 9.91. The number of pyridine rings is 1. The Balaban J connectivity index is 1.14. The van der Waals surface area contributed by atoms with Crippen LogP contribution in [0.15, 0.2) is 103 Å². The number of aliphatic carboxylic acids is 1. The molecule has 3 aromatic heterocycles. The molecule has 1 N–H and O–H groups in total. The molecule has 4 aromatic carbocycles. The first-order chi connectivity index (χ1) is 29.4. The fraction of sp³-hybridized carbons (Fsp3) is 0.283. The molecule has 4 heterocycles. The van der Waals surface area contributed by atoms with Crippen molar-refractivity contribution in [3.8, 4) is 39.8 Å². The van der Waals surface area contributed by atoms with Crippen molar-refractivity contribution in [2.45, 2.75) is 38.8 Å². The van der Waals surface area contributed by atoms with Crippen LogP contribution in [0, 0.1) is 6.92 Å². The van der Waals surface area contributed by atoms with Gasteiger partial charge in [-0.3, -0.25) is 9.88 Å². The Morgan fingerprint density at radius 2 is 1.69 bits per heavy atom. The van der Waals surface area contributed by atoms with Crippen molar-refractivity contribution < 1.29 is 37.3 Å². The average Bonchev–Trinajstić information content (AvgIpc) is 3.87. The molecule has 1 unspecified atom stereocenters. The minimum atomic E-state index is -4.41. The summed E-state index contributed by atoms with van der Waals surface area (Å²) in [4.78, 5) is 22.7. The highest BCUT2D eigenvalue weighted by molar-refractivity contribution is 7.13. The second-order valence-electron chi connectivity index (χ2n) is 15.1. The summed E-state index contributed by atoms with van der Waals surface area (Å²) in [5, 5.41) is 13.6. The highest BCUT2D eigenvalue weighted by atomic mass is 35.5. The van der Waals surface area contributed by atoms with Gasteiger partial charge in [-0.15, -0.1) is 0 Å². The maximum atomic E-state index is 13.2. The Morgan fingerprint density at radius 3 is 2.49 bits per heavy atom. The molecule has 7 aromatic rings. The number of carboxylic acids is 1. The minimum Gasteiger partial charge on any atom is -0.491 e. The Morgan fingerprint density at radius 1 is 0.918 bits per heavy atom. The molecule has 1 fully saturated rings. The van der Waals surface area contributed by atoms with Crippen LogP contribution in [0.4, 0.5) is 13.2 Å². The Bertz CT molecular complexity index is 2670. The molecular formula is C46H43ClF3N5O5S. The molecule has 15 heteroatoms. The largest absolute Gasteiger partial charge is 0.491 e. The van der Waals surface area contributed by atoms with E-state index in [0.717, 1.165) is 76.3 Å². The van der Waals surface area contributed by atoms with Crippen molar-refractivity contribution in [1.82, 2.24) is 23.7 Å². The van der Waals surface area contributed by atoms with Gasteiger partial charge in [-0.25, -0.2) is 4.79 Å². The Hall–Kier alpha value is -5.67. The number of benzene rings is 4. The third-order valence-corrected chi connectivity index (χ3v) is 12.2. The third-order valence-electron chi connectivity index (χ3n) is 11.0. The highest BCUT2D eigenvalue weighted by Crippen LogP contribution is 2.47. The number of carboxylic acid groups (broad SMARTS) is 1. The predicted molar refractivity (Wildman–Crippen MR) is 232 cm³/mol. The lowest BCUT2D eigenvalue weighted by Gasteiger charge is -2.32. The van der Waals surface area contributed by atoms with Gasteiger partial charge in [0.05, 0.1) is 26.5 Å². The summed E-state index contributed by atoms with van der Waals surface area (Å²) in [5.74, 6) is -0.251. The smallest absolute Gasteiger partial charge is 0.406 e. The van der Waals surface area contributed by atoms with Crippen molar-refractivity contribution in [2.75, 3.05) is 46.4 Å². The van der Waals surface area contributed by atoms with Crippen molar-refractivity contribution in [3.05, 3.63) is 125 Å². The normalized spacial score (nSPS) is 14.4. The molecular weight excluding hydrogens is 827 g/mol. The molecule has 10 nitrogen and oxygen atoms in total. The van der Waals surface area contributed by atoms with E-state index in [1.165, 1.54) is 12.3 Å². The van der Waals surface area contributed by atoms with E-state index in [2.05, 4.69) is 21.2 Å². The summed E-state index contributed by atoms with van der Waals surface area (Å²) in [6.07, 6.45) is -2.90. The van der Waals surface area contributed by atoms with Crippen LogP contribution < -0.4 is 14.2 Å². The standard InChI is InChI=1S/C46H43ClF3N5O5S/c1-29-33(16-17-37(42(29)47)58-24-23-54-21-19-53(2)20-22-54)40-41-39(26-51-43(40)35-14-7-11-30-9-3-5-13-34(30)35)61-52-44(41)60-38(45(56)57)25-31-10-4-6-15-36(31)59-27-32-12-8-18-55(32)28-46(48,49)50/h3-18,26,38H,19-25,27-28H2,1-2H3,(H,56,57). The number of halogens is 4. The molecule has 0 aliphatic carbocycles. The number of piperazine rings is 1. The minimum absolute atomic E-state index is 0.109. The lowest BCUT2D eigenvalue weighted by Crippen LogP contribution is -2.45. The van der Waals surface area contributed by atoms with E-state index in [4.69, 9.17) is 30.8 Å². The molecule has 0 amide bonds. The second kappa shape index (κ2) is 18.1. The zero-order valence-corrected chi connectivity index (χ0v) is 35.1. The number of nitrogens with zero attached hydrogens (tertiary/aromatic N) is 5. The van der Waals surface area contributed by atoms with Crippen LogP contribution in [0.2, 0.25) is 5.02 Å². The van der Waals surface area contributed by atoms with Crippen molar-refractivity contribution in [3.63, 3.8) is 0 Å². The van der Waals surface area contributed by atoms with Gasteiger partial charge in [-0.05, 0) is 77.2 Å². The van der Waals surface area contributed by atoms with E-state index >= 15 is 0 Å². The molecule has 1 aliphatic rings. The van der Waals surface area contributed by atoms with Crippen molar-refractivity contribution >= 4 is 50.0 Å². The monoisotopic (exact) mass is 869 g/mol. The molecule has 1 aliphatic heterocycles. The summed E-state index contributed by atoms with van der Waals surface area (Å²) in [7, 11) is 2.13. The van der Waals surface area contributed by atoms with Crippen molar-refractivity contribution in [1.29, 1.82) is 0 Å². The molecule has 1 saturated heterocycles. The molecule has 0 saturated carbocycles. The number of carbonyl (C=O) groups is 1. The molecule has 8 rings (SSSR count). The van der Waals surface area contributed by atoms with Gasteiger partial charge in [-0.2, -0.15) is 17.5 Å². The number of ether oxygens (including phenoxy) is 3. The van der Waals surface area contributed by atoms with Gasteiger partial charge in [0.25, 0.3) is 0 Å². The molecule has 0 spiro atoms. The molecule has 1 atom stereocenters. The fourth-order valence-corrected chi connectivity index (χ4v) is 8.61. The summed E-state index contributed by atoms with van der Waals surface area (Å²) < 4.78 is 64.6. The summed E-state index contributed by atoms with van der Waals surface area (Å²) in [5.41, 5.74) is 4.48. The molecule has 61 heavy (non-hydrogen) atoms. The number of alkyl halides is 3. The molecule has 316 valence electrons. The van der Waals surface area contributed by atoms with Crippen LogP contribution in [0.1, 0.15) is 16.8 Å². The van der Waals surface area contributed by atoms with Gasteiger partial charge >= 0.3 is 12.1 Å². The van der Waals surface area contributed by atoms with Gasteiger partial charge in [0.15, 0.2) is 0 Å². The van der Waals surface area contributed by atoms with Gasteiger partial charge < -0.3 is 28.8 Å². The first kappa shape index (κ1) is 42.0. The van der Waals surface area contributed by atoms with Crippen LogP contribution in [-0.2, 0) is 24.4 Å². The van der Waals surface area contributed by atoms with Gasteiger partial charge in [0.1, 0.15) is 31.3 Å². The SMILES string of the molecule is Cc1c(-c2c(-c3cccc4ccccc34)ncc3snc(OC(Cc4ccccc4OCc4cccn4CC(F)(F)F)C(=O)O)c23)ccc(OCCN2CCN(C)CC2)c1Cl. The van der Waals surface area contributed by atoms with E-state index < -0.39 is 24.8 Å². The summed E-state index contributed by atoms with van der Waals surface area (Å²) >= 11 is 8.26. The summed E-state index contributed by atoms with van der Waals surface area (Å²) in [6, 6.07) is 27.7. The number of hydrogen-bond acceptors (Lipinski definition) is 9. The van der Waals surface area contributed by atoms with E-state index in [9.17, 15) is 23.1 Å². The zero-order chi connectivity index (χ0) is 42.7. The lowest BCUT2D eigenvalue weighted by molar-refractivity contribution is -0.145. The number of aromatic nitrogens is 3. The third kappa shape index (κ3) is 9.47. The van der Waals surface area contributed by atoms with Gasteiger partial charge in [0.2, 0.25) is 12.0 Å².